The SMILES string of the molecule is CCNc1nnc(S[C@H](C)C(=O)Nc2ccc(C)cc2C)s1. The predicted molar refractivity (Wildman–Crippen MR) is 93.9 cm³/mol. The molecule has 0 fully saturated rings. The van der Waals surface area contributed by atoms with Crippen LogP contribution in [-0.4, -0.2) is 27.9 Å². The third-order valence-corrected chi connectivity index (χ3v) is 5.09. The maximum Gasteiger partial charge on any atom is 0.237 e. The molecular formula is C15H20N4OS2. The molecule has 1 heterocycles. The van der Waals surface area contributed by atoms with Crippen molar-refractivity contribution in [2.75, 3.05) is 17.2 Å². The van der Waals surface area contributed by atoms with E-state index >= 15 is 0 Å². The van der Waals surface area contributed by atoms with Gasteiger partial charge < -0.3 is 10.6 Å². The monoisotopic (exact) mass is 336 g/mol. The molecule has 2 aromatic rings. The Kier molecular flexibility index (Phi) is 5.79. The molecule has 0 aliphatic carbocycles. The normalized spacial score (nSPS) is 12.0. The van der Waals surface area contributed by atoms with Crippen LogP contribution in [0.25, 0.3) is 0 Å². The van der Waals surface area contributed by atoms with E-state index in [0.29, 0.717) is 0 Å². The minimum absolute atomic E-state index is 0.0304. The van der Waals surface area contributed by atoms with Crippen molar-refractivity contribution in [2.24, 2.45) is 0 Å². The quantitative estimate of drug-likeness (QED) is 0.787. The fourth-order valence-electron chi connectivity index (χ4n) is 1.87. The molecule has 0 saturated carbocycles. The highest BCUT2D eigenvalue weighted by atomic mass is 32.2. The summed E-state index contributed by atoms with van der Waals surface area (Å²) in [7, 11) is 0. The Morgan fingerprint density at radius 1 is 1.36 bits per heavy atom. The first-order chi connectivity index (χ1) is 10.5. The number of hydrogen-bond acceptors (Lipinski definition) is 6. The maximum atomic E-state index is 12.3. The van der Waals surface area contributed by atoms with Crippen LogP contribution in [0, 0.1) is 13.8 Å². The van der Waals surface area contributed by atoms with Crippen LogP contribution < -0.4 is 10.6 Å². The fraction of sp³-hybridized carbons (Fsp3) is 0.400. The van der Waals surface area contributed by atoms with E-state index < -0.39 is 0 Å². The molecule has 2 rings (SSSR count). The molecule has 1 aromatic heterocycles. The number of amides is 1. The highest BCUT2D eigenvalue weighted by molar-refractivity contribution is 8.02. The first-order valence-electron chi connectivity index (χ1n) is 7.11. The van der Waals surface area contributed by atoms with E-state index in [1.54, 1.807) is 0 Å². The van der Waals surface area contributed by atoms with Gasteiger partial charge in [-0.15, -0.1) is 10.2 Å². The second kappa shape index (κ2) is 7.60. The highest BCUT2D eigenvalue weighted by Crippen LogP contribution is 2.29. The minimum atomic E-state index is -0.233. The summed E-state index contributed by atoms with van der Waals surface area (Å²) < 4.78 is 0.791. The number of carbonyl (C=O) groups is 1. The van der Waals surface area contributed by atoms with Crippen molar-refractivity contribution in [2.45, 2.75) is 37.3 Å². The Bertz CT molecular complexity index is 657. The highest BCUT2D eigenvalue weighted by Gasteiger charge is 2.17. The van der Waals surface area contributed by atoms with Gasteiger partial charge in [-0.25, -0.2) is 0 Å². The molecule has 0 unspecified atom stereocenters. The molecule has 2 N–H and O–H groups in total. The Hall–Kier alpha value is -1.60. The molecule has 5 nitrogen and oxygen atoms in total. The van der Waals surface area contributed by atoms with E-state index in [1.165, 1.54) is 28.7 Å². The summed E-state index contributed by atoms with van der Waals surface area (Å²) in [6, 6.07) is 5.99. The second-order valence-electron chi connectivity index (χ2n) is 4.97. The Balaban J connectivity index is 1.96. The smallest absolute Gasteiger partial charge is 0.237 e. The standard InChI is InChI=1S/C15H20N4OS2/c1-5-16-14-18-19-15(22-14)21-11(4)13(20)17-12-7-6-9(2)8-10(12)3/h6-8,11H,5H2,1-4H3,(H,16,18)(H,17,20)/t11-/m1/s1. The van der Waals surface area contributed by atoms with Crippen LogP contribution >= 0.6 is 23.1 Å². The lowest BCUT2D eigenvalue weighted by Crippen LogP contribution is -2.22. The van der Waals surface area contributed by atoms with E-state index in [2.05, 4.69) is 26.9 Å². The van der Waals surface area contributed by atoms with E-state index in [4.69, 9.17) is 0 Å². The number of aryl methyl sites for hydroxylation is 2. The summed E-state index contributed by atoms with van der Waals surface area (Å²) in [5, 5.41) is 14.7. The average molecular weight is 336 g/mol. The van der Waals surface area contributed by atoms with Crippen molar-refractivity contribution in [3.63, 3.8) is 0 Å². The number of thioether (sulfide) groups is 1. The Labute approximate surface area is 138 Å². The lowest BCUT2D eigenvalue weighted by atomic mass is 10.1. The number of carbonyl (C=O) groups excluding carboxylic acids is 1. The van der Waals surface area contributed by atoms with Gasteiger partial charge in [0.15, 0.2) is 4.34 Å². The molecular weight excluding hydrogens is 316 g/mol. The van der Waals surface area contributed by atoms with Gasteiger partial charge in [0.1, 0.15) is 0 Å². The van der Waals surface area contributed by atoms with Gasteiger partial charge in [0.25, 0.3) is 0 Å². The van der Waals surface area contributed by atoms with Crippen LogP contribution in [0.4, 0.5) is 10.8 Å². The number of aromatic nitrogens is 2. The second-order valence-corrected chi connectivity index (χ2v) is 7.54. The summed E-state index contributed by atoms with van der Waals surface area (Å²) in [5.41, 5.74) is 3.10. The predicted octanol–water partition coefficient (Wildman–Crippen LogP) is 3.71. The Morgan fingerprint density at radius 3 is 2.82 bits per heavy atom. The van der Waals surface area contributed by atoms with Crippen LogP contribution in [0.2, 0.25) is 0 Å². The van der Waals surface area contributed by atoms with Crippen molar-refractivity contribution >= 4 is 39.8 Å². The third kappa shape index (κ3) is 4.45. The zero-order valence-corrected chi connectivity index (χ0v) is 14.8. The van der Waals surface area contributed by atoms with Gasteiger partial charge in [-0.2, -0.15) is 0 Å². The van der Waals surface area contributed by atoms with E-state index in [9.17, 15) is 4.79 Å². The zero-order chi connectivity index (χ0) is 16.1. The molecule has 0 aliphatic heterocycles. The summed E-state index contributed by atoms with van der Waals surface area (Å²) >= 11 is 2.88. The van der Waals surface area contributed by atoms with Crippen molar-refractivity contribution in [1.29, 1.82) is 0 Å². The fourth-order valence-corrected chi connectivity index (χ4v) is 3.84. The first kappa shape index (κ1) is 16.8. The number of nitrogens with zero attached hydrogens (tertiary/aromatic N) is 2. The van der Waals surface area contributed by atoms with Crippen molar-refractivity contribution in [1.82, 2.24) is 10.2 Å². The van der Waals surface area contributed by atoms with Crippen molar-refractivity contribution < 1.29 is 4.79 Å². The number of nitrogens with one attached hydrogen (secondary N) is 2. The summed E-state index contributed by atoms with van der Waals surface area (Å²) in [4.78, 5) is 12.3. The molecule has 118 valence electrons. The van der Waals surface area contributed by atoms with Crippen LogP contribution in [0.5, 0.6) is 0 Å². The van der Waals surface area contributed by atoms with Gasteiger partial charge in [0.2, 0.25) is 11.0 Å². The zero-order valence-electron chi connectivity index (χ0n) is 13.1. The van der Waals surface area contributed by atoms with E-state index in [0.717, 1.165) is 27.3 Å². The number of hydrogen-bond donors (Lipinski definition) is 2. The molecule has 0 spiro atoms. The molecule has 0 aliphatic rings. The van der Waals surface area contributed by atoms with Gasteiger partial charge in [0, 0.05) is 12.2 Å². The summed E-state index contributed by atoms with van der Waals surface area (Å²) in [5.74, 6) is -0.0304. The number of rotatable bonds is 6. The van der Waals surface area contributed by atoms with Crippen LogP contribution in [0.15, 0.2) is 22.5 Å². The average Bonchev–Trinajstić information content (AvgIpc) is 2.89. The van der Waals surface area contributed by atoms with Crippen molar-refractivity contribution in [3.05, 3.63) is 29.3 Å². The van der Waals surface area contributed by atoms with Gasteiger partial charge in [-0.05, 0) is 39.3 Å². The molecule has 0 saturated heterocycles. The summed E-state index contributed by atoms with van der Waals surface area (Å²) in [6.07, 6.45) is 0. The largest absolute Gasteiger partial charge is 0.360 e. The maximum absolute atomic E-state index is 12.3. The molecule has 0 radical (unpaired) electrons. The molecule has 1 aromatic carbocycles. The molecule has 0 bridgehead atoms. The lowest BCUT2D eigenvalue weighted by molar-refractivity contribution is -0.115. The van der Waals surface area contributed by atoms with E-state index in [1.807, 2.05) is 39.8 Å². The van der Waals surface area contributed by atoms with E-state index in [-0.39, 0.29) is 11.2 Å². The van der Waals surface area contributed by atoms with Crippen LogP contribution in [-0.2, 0) is 4.79 Å². The number of anilines is 2. The van der Waals surface area contributed by atoms with Gasteiger partial charge in [-0.3, -0.25) is 4.79 Å². The van der Waals surface area contributed by atoms with Crippen LogP contribution in [0.1, 0.15) is 25.0 Å². The molecule has 1 atom stereocenters. The lowest BCUT2D eigenvalue weighted by Gasteiger charge is -2.12. The molecule has 7 heteroatoms. The van der Waals surface area contributed by atoms with Gasteiger partial charge in [0.05, 0.1) is 5.25 Å². The van der Waals surface area contributed by atoms with Gasteiger partial charge in [-0.1, -0.05) is 40.8 Å². The van der Waals surface area contributed by atoms with Gasteiger partial charge >= 0.3 is 0 Å². The van der Waals surface area contributed by atoms with Crippen molar-refractivity contribution in [3.8, 4) is 0 Å². The first-order valence-corrected chi connectivity index (χ1v) is 8.81. The number of benzene rings is 1. The minimum Gasteiger partial charge on any atom is -0.360 e. The summed E-state index contributed by atoms with van der Waals surface area (Å²) in [6.45, 7) is 8.72. The topological polar surface area (TPSA) is 66.9 Å². The van der Waals surface area contributed by atoms with Crippen LogP contribution in [0.3, 0.4) is 0 Å². The third-order valence-electron chi connectivity index (χ3n) is 3.02. The molecule has 1 amide bonds. The Morgan fingerprint density at radius 2 is 2.14 bits per heavy atom. The molecule has 22 heavy (non-hydrogen) atoms.